The molecule has 0 bridgehead atoms. The third-order valence-electron chi connectivity index (χ3n) is 4.31. The zero-order valence-electron chi connectivity index (χ0n) is 18.5. The molecule has 1 aromatic carbocycles. The Bertz CT molecular complexity index is 1170. The number of hydrogen-bond acceptors (Lipinski definition) is 9. The van der Waals surface area contributed by atoms with Gasteiger partial charge in [-0.25, -0.2) is 4.98 Å². The van der Waals surface area contributed by atoms with Crippen molar-refractivity contribution >= 4 is 58.1 Å². The van der Waals surface area contributed by atoms with Crippen LogP contribution in [0, 0.1) is 0 Å². The number of amides is 2. The smallest absolute Gasteiger partial charge is 0.272 e. The Labute approximate surface area is 204 Å². The van der Waals surface area contributed by atoms with Crippen LogP contribution in [0.4, 0.5) is 11.4 Å². The van der Waals surface area contributed by atoms with Gasteiger partial charge in [0.15, 0.2) is 11.4 Å². The van der Waals surface area contributed by atoms with E-state index in [0.29, 0.717) is 45.7 Å². The van der Waals surface area contributed by atoms with Crippen LogP contribution in [-0.4, -0.2) is 83.1 Å². The van der Waals surface area contributed by atoms with Crippen molar-refractivity contribution in [3.8, 4) is 16.3 Å². The molecule has 6 radical (unpaired) electrons. The van der Waals surface area contributed by atoms with E-state index in [9.17, 15) is 9.59 Å². The zero-order chi connectivity index (χ0) is 24.7. The van der Waals surface area contributed by atoms with E-state index in [1.807, 2.05) is 0 Å². The fourth-order valence-electron chi connectivity index (χ4n) is 2.88. The lowest BCUT2D eigenvalue weighted by Crippen LogP contribution is -2.50. The second-order valence-corrected chi connectivity index (χ2v) is 8.00. The molecule has 3 aromatic rings. The van der Waals surface area contributed by atoms with Crippen molar-refractivity contribution < 1.29 is 19.1 Å². The van der Waals surface area contributed by atoms with E-state index < -0.39 is 11.1 Å². The highest BCUT2D eigenvalue weighted by Gasteiger charge is 2.21. The van der Waals surface area contributed by atoms with Crippen LogP contribution in [0.1, 0.15) is 20.2 Å². The maximum absolute atomic E-state index is 12.5. The van der Waals surface area contributed by atoms with Gasteiger partial charge >= 0.3 is 0 Å². The molecule has 2 aromatic heterocycles. The van der Waals surface area contributed by atoms with Crippen molar-refractivity contribution in [3.63, 3.8) is 0 Å². The number of benzene rings is 1. The summed E-state index contributed by atoms with van der Waals surface area (Å²) in [4.78, 5) is 29.6. The minimum atomic E-state index is -1.93. The first-order chi connectivity index (χ1) is 16.2. The summed E-state index contributed by atoms with van der Waals surface area (Å²) in [7, 11) is 19.4. The molecule has 0 atom stereocenters. The number of nitrogens with one attached hydrogen (secondary N) is 3. The lowest BCUT2D eigenvalue weighted by Gasteiger charge is -2.22. The molecular weight excluding hydrogens is 453 g/mol. The summed E-state index contributed by atoms with van der Waals surface area (Å²) >= 11 is 1.21. The van der Waals surface area contributed by atoms with Gasteiger partial charge in [0.1, 0.15) is 9.88 Å². The number of ether oxygens (including phenoxy) is 2. The number of methoxy groups -OCH3 is 2. The molecule has 34 heavy (non-hydrogen) atoms. The van der Waals surface area contributed by atoms with Gasteiger partial charge in [0.2, 0.25) is 0 Å². The molecule has 0 aliphatic carbocycles. The van der Waals surface area contributed by atoms with Crippen molar-refractivity contribution in [2.75, 3.05) is 32.7 Å². The second-order valence-electron chi connectivity index (χ2n) is 6.97. The SMILES string of the molecule is [B]C([B])([B])NC(=O)c1nnccc1Nc1cccc(-c2ncc(C(=O)NCCOC)s2)c1OC. The van der Waals surface area contributed by atoms with Gasteiger partial charge in [0.05, 0.1) is 66.6 Å². The molecule has 0 fully saturated rings. The third-order valence-corrected chi connectivity index (χ3v) is 5.34. The molecule has 14 heteroatoms. The Hall–Kier alpha value is -3.38. The van der Waals surface area contributed by atoms with Crippen molar-refractivity contribution in [2.45, 2.75) is 5.24 Å². The molecule has 3 N–H and O–H groups in total. The van der Waals surface area contributed by atoms with Crippen molar-refractivity contribution in [2.24, 2.45) is 0 Å². The molecule has 2 amide bonds. The van der Waals surface area contributed by atoms with Crippen LogP contribution in [-0.2, 0) is 4.74 Å². The maximum atomic E-state index is 12.5. The summed E-state index contributed by atoms with van der Waals surface area (Å²) in [5.41, 5.74) is 1.39. The lowest BCUT2D eigenvalue weighted by molar-refractivity contribution is 0.0935. The van der Waals surface area contributed by atoms with E-state index in [0.717, 1.165) is 0 Å². The predicted molar refractivity (Wildman–Crippen MR) is 131 cm³/mol. The van der Waals surface area contributed by atoms with Gasteiger partial charge in [-0.3, -0.25) is 9.59 Å². The normalized spacial score (nSPS) is 11.0. The average molecular weight is 472 g/mol. The summed E-state index contributed by atoms with van der Waals surface area (Å²) in [6.45, 7) is 0.798. The molecule has 2 heterocycles. The number of carbonyl (C=O) groups is 2. The van der Waals surface area contributed by atoms with E-state index in [1.165, 1.54) is 30.8 Å². The summed E-state index contributed by atoms with van der Waals surface area (Å²) in [5, 5.41) is 14.3. The molecule has 3 rings (SSSR count). The Morgan fingerprint density at radius 2 is 1.91 bits per heavy atom. The predicted octanol–water partition coefficient (Wildman–Crippen LogP) is 0.575. The summed E-state index contributed by atoms with van der Waals surface area (Å²) in [6, 6.07) is 6.87. The Morgan fingerprint density at radius 1 is 1.12 bits per heavy atom. The quantitative estimate of drug-likeness (QED) is 0.289. The van der Waals surface area contributed by atoms with Crippen LogP contribution in [0.15, 0.2) is 36.7 Å². The van der Waals surface area contributed by atoms with Crippen LogP contribution in [0.2, 0.25) is 0 Å². The van der Waals surface area contributed by atoms with Gasteiger partial charge in [-0.1, -0.05) is 11.3 Å². The second kappa shape index (κ2) is 11.2. The molecule has 0 aliphatic heterocycles. The van der Waals surface area contributed by atoms with Crippen molar-refractivity contribution in [3.05, 3.63) is 47.2 Å². The van der Waals surface area contributed by atoms with E-state index in [-0.39, 0.29) is 11.6 Å². The topological polar surface area (TPSA) is 127 Å². The zero-order valence-corrected chi connectivity index (χ0v) is 19.3. The van der Waals surface area contributed by atoms with Crippen LogP contribution in [0.5, 0.6) is 5.75 Å². The molecule has 0 aliphatic rings. The van der Waals surface area contributed by atoms with Gasteiger partial charge < -0.3 is 25.4 Å². The number of nitrogens with zero attached hydrogens (tertiary/aromatic N) is 3. The Kier molecular flexibility index (Phi) is 8.29. The first-order valence-corrected chi connectivity index (χ1v) is 10.7. The first kappa shape index (κ1) is 25.3. The Balaban J connectivity index is 1.89. The summed E-state index contributed by atoms with van der Waals surface area (Å²) < 4.78 is 10.6. The van der Waals surface area contributed by atoms with Gasteiger partial charge in [0, 0.05) is 13.7 Å². The highest BCUT2D eigenvalue weighted by molar-refractivity contribution is 7.17. The maximum Gasteiger partial charge on any atom is 0.272 e. The van der Waals surface area contributed by atoms with Gasteiger partial charge in [-0.15, -0.1) is 16.4 Å². The van der Waals surface area contributed by atoms with Gasteiger partial charge in [-0.05, 0) is 18.2 Å². The number of carbonyl (C=O) groups excluding carboxylic acids is 2. The number of rotatable bonds is 10. The third kappa shape index (κ3) is 6.36. The largest absolute Gasteiger partial charge is 0.494 e. The molecule has 0 saturated heterocycles. The fourth-order valence-corrected chi connectivity index (χ4v) is 3.74. The van der Waals surface area contributed by atoms with E-state index in [1.54, 1.807) is 31.4 Å². The summed E-state index contributed by atoms with van der Waals surface area (Å²) in [5.74, 6) is -0.525. The number of aromatic nitrogens is 3. The number of anilines is 2. The lowest BCUT2D eigenvalue weighted by atomic mass is 9.49. The molecular formula is C20H19B3N6O4S. The molecule has 0 unspecified atom stereocenters. The highest BCUT2D eigenvalue weighted by Crippen LogP contribution is 2.39. The molecule has 0 spiro atoms. The monoisotopic (exact) mass is 472 g/mol. The highest BCUT2D eigenvalue weighted by atomic mass is 32.1. The number of thiazole rings is 1. The van der Waals surface area contributed by atoms with E-state index in [4.69, 9.17) is 33.0 Å². The fraction of sp³-hybridized carbons (Fsp3) is 0.250. The van der Waals surface area contributed by atoms with Gasteiger partial charge in [-0.2, -0.15) is 5.10 Å². The van der Waals surface area contributed by atoms with Crippen LogP contribution in [0.25, 0.3) is 10.6 Å². The number of para-hydroxylation sites is 1. The average Bonchev–Trinajstić information content (AvgIpc) is 3.28. The summed E-state index contributed by atoms with van der Waals surface area (Å²) in [6.07, 6.45) is 2.90. The van der Waals surface area contributed by atoms with E-state index in [2.05, 4.69) is 31.1 Å². The molecule has 10 nitrogen and oxygen atoms in total. The number of hydrogen-bond donors (Lipinski definition) is 3. The van der Waals surface area contributed by atoms with Gasteiger partial charge in [0.25, 0.3) is 11.8 Å². The van der Waals surface area contributed by atoms with Crippen molar-refractivity contribution in [1.82, 2.24) is 25.8 Å². The molecule has 0 saturated carbocycles. The standard InChI is InChI=1S/C20H19B3N6O4S/c1-32-9-8-24-17(30)14-10-25-19(34-14)11-4-3-5-13(16(11)33-2)27-12-6-7-26-29-15(12)18(31)28-20(21,22)23/h3-7,10H,8-9H2,1-2H3,(H,24,30)(H,26,27)(H,28,31). The minimum Gasteiger partial charge on any atom is -0.494 e. The van der Waals surface area contributed by atoms with E-state index >= 15 is 0 Å². The van der Waals surface area contributed by atoms with Crippen LogP contribution >= 0.6 is 11.3 Å². The first-order valence-electron chi connectivity index (χ1n) is 9.91. The van der Waals surface area contributed by atoms with Crippen molar-refractivity contribution in [1.29, 1.82) is 0 Å². The van der Waals surface area contributed by atoms with Crippen LogP contribution in [0.3, 0.4) is 0 Å². The van der Waals surface area contributed by atoms with Crippen LogP contribution < -0.4 is 20.7 Å². The molecule has 168 valence electrons. The minimum absolute atomic E-state index is 0.0788. The Morgan fingerprint density at radius 3 is 2.62 bits per heavy atom.